The Kier molecular flexibility index (Phi) is 5.03. The second-order valence-corrected chi connectivity index (χ2v) is 7.22. The molecule has 2 heterocycles. The van der Waals surface area contributed by atoms with E-state index in [0.717, 1.165) is 5.56 Å². The van der Waals surface area contributed by atoms with E-state index in [1.165, 1.54) is 30.3 Å². The number of hydrogen-bond donors (Lipinski definition) is 1. The number of benzene rings is 3. The maximum Gasteiger partial charge on any atom is 0.317 e. The van der Waals surface area contributed by atoms with Crippen molar-refractivity contribution in [2.75, 3.05) is 5.32 Å². The van der Waals surface area contributed by atoms with Crippen molar-refractivity contribution in [2.24, 2.45) is 4.99 Å². The molecule has 158 valence electrons. The highest BCUT2D eigenvalue weighted by molar-refractivity contribution is 6.16. The van der Waals surface area contributed by atoms with Gasteiger partial charge in [-0.05, 0) is 42.0 Å². The summed E-state index contributed by atoms with van der Waals surface area (Å²) in [6, 6.07) is 19.1. The number of carbonyl (C=O) groups excluding carboxylic acids is 1. The van der Waals surface area contributed by atoms with E-state index in [-0.39, 0.29) is 29.9 Å². The quantitative estimate of drug-likeness (QED) is 0.519. The lowest BCUT2D eigenvalue weighted by molar-refractivity contribution is -0.119. The topological polar surface area (TPSA) is 80.4 Å². The minimum absolute atomic E-state index is 0.0229. The van der Waals surface area contributed by atoms with Crippen LogP contribution in [0, 0.1) is 11.6 Å². The van der Waals surface area contributed by atoms with E-state index in [1.54, 1.807) is 18.2 Å². The summed E-state index contributed by atoms with van der Waals surface area (Å²) in [6.45, 7) is 0. The average molecular weight is 430 g/mol. The van der Waals surface area contributed by atoms with Crippen LogP contribution in [0.5, 0.6) is 0 Å². The summed E-state index contributed by atoms with van der Waals surface area (Å²) >= 11 is 0. The van der Waals surface area contributed by atoms with Crippen LogP contribution in [0.4, 0.5) is 14.8 Å². The van der Waals surface area contributed by atoms with Gasteiger partial charge < -0.3 is 9.73 Å². The van der Waals surface area contributed by atoms with Gasteiger partial charge in [0, 0.05) is 23.1 Å². The number of fused-ring (bicyclic) bond motifs is 1. The highest BCUT2D eigenvalue weighted by atomic mass is 19.1. The maximum atomic E-state index is 14.6. The smallest absolute Gasteiger partial charge is 0.317 e. The van der Waals surface area contributed by atoms with Gasteiger partial charge in [-0.1, -0.05) is 41.5 Å². The Bertz CT molecular complexity index is 1330. The normalized spacial score (nSPS) is 15.6. The number of nitrogens with one attached hydrogen (secondary N) is 1. The van der Waals surface area contributed by atoms with Gasteiger partial charge in [0.2, 0.25) is 5.89 Å². The third-order valence-corrected chi connectivity index (χ3v) is 5.11. The van der Waals surface area contributed by atoms with Crippen LogP contribution >= 0.6 is 0 Å². The van der Waals surface area contributed by atoms with Crippen LogP contribution in [0.3, 0.4) is 0 Å². The Hall–Kier alpha value is -4.20. The Labute approximate surface area is 181 Å². The molecule has 0 spiro atoms. The first-order valence-corrected chi connectivity index (χ1v) is 9.88. The number of ketones is 1. The lowest BCUT2D eigenvalue weighted by Crippen LogP contribution is -2.29. The van der Waals surface area contributed by atoms with E-state index in [2.05, 4.69) is 20.5 Å². The summed E-state index contributed by atoms with van der Waals surface area (Å²) in [4.78, 5) is 17.5. The van der Waals surface area contributed by atoms with Crippen LogP contribution in [0.15, 0.2) is 82.2 Å². The first-order chi connectivity index (χ1) is 15.6. The summed E-state index contributed by atoms with van der Waals surface area (Å²) in [7, 11) is 0. The van der Waals surface area contributed by atoms with Gasteiger partial charge in [0.25, 0.3) is 0 Å². The van der Waals surface area contributed by atoms with E-state index >= 15 is 0 Å². The molecule has 8 heteroatoms. The molecular formula is C24H16F2N4O2. The number of aliphatic imine (C=N–C) groups is 1. The summed E-state index contributed by atoms with van der Waals surface area (Å²) in [6.07, 6.45) is -0.952. The Morgan fingerprint density at radius 1 is 0.875 bits per heavy atom. The SMILES string of the molecule is O=C1Cc2ccccc2C(c2ccccc2F)=NC1Nc1nnc(-c2ccc(F)cc2)o1. The summed E-state index contributed by atoms with van der Waals surface area (Å²) in [5.74, 6) is -0.892. The van der Waals surface area contributed by atoms with E-state index in [1.807, 2.05) is 24.3 Å². The molecule has 4 aromatic rings. The Morgan fingerprint density at radius 3 is 2.38 bits per heavy atom. The Morgan fingerprint density at radius 2 is 1.59 bits per heavy atom. The van der Waals surface area contributed by atoms with Gasteiger partial charge in [-0.25, -0.2) is 8.78 Å². The lowest BCUT2D eigenvalue weighted by atomic mass is 9.95. The molecule has 6 nitrogen and oxygen atoms in total. The molecule has 1 N–H and O–H groups in total. The third kappa shape index (κ3) is 3.78. The predicted molar refractivity (Wildman–Crippen MR) is 114 cm³/mol. The fourth-order valence-electron chi connectivity index (χ4n) is 3.55. The zero-order valence-electron chi connectivity index (χ0n) is 16.6. The molecule has 0 fully saturated rings. The van der Waals surface area contributed by atoms with Gasteiger partial charge in [0.05, 0.1) is 5.71 Å². The van der Waals surface area contributed by atoms with Crippen molar-refractivity contribution in [3.05, 3.63) is 101 Å². The van der Waals surface area contributed by atoms with Crippen LogP contribution in [0.25, 0.3) is 11.5 Å². The monoisotopic (exact) mass is 430 g/mol. The molecule has 0 radical (unpaired) electrons. The van der Waals surface area contributed by atoms with Crippen molar-refractivity contribution in [3.8, 4) is 11.5 Å². The predicted octanol–water partition coefficient (Wildman–Crippen LogP) is 4.42. The fraction of sp³-hybridized carbons (Fsp3) is 0.0833. The molecule has 0 saturated carbocycles. The molecule has 5 rings (SSSR count). The zero-order chi connectivity index (χ0) is 22.1. The average Bonchev–Trinajstić information content (AvgIpc) is 3.21. The summed E-state index contributed by atoms with van der Waals surface area (Å²) < 4.78 is 33.4. The number of carbonyl (C=O) groups is 1. The van der Waals surface area contributed by atoms with E-state index in [0.29, 0.717) is 22.4 Å². The first kappa shape index (κ1) is 19.7. The molecule has 0 bridgehead atoms. The molecule has 1 aliphatic rings. The second-order valence-electron chi connectivity index (χ2n) is 7.22. The van der Waals surface area contributed by atoms with Crippen LogP contribution < -0.4 is 5.32 Å². The minimum atomic E-state index is -1.06. The van der Waals surface area contributed by atoms with Crippen LogP contribution in [-0.2, 0) is 11.2 Å². The van der Waals surface area contributed by atoms with E-state index < -0.39 is 12.0 Å². The van der Waals surface area contributed by atoms with Crippen molar-refractivity contribution in [1.82, 2.24) is 10.2 Å². The number of anilines is 1. The number of hydrogen-bond acceptors (Lipinski definition) is 6. The lowest BCUT2D eigenvalue weighted by Gasteiger charge is -2.12. The van der Waals surface area contributed by atoms with E-state index in [4.69, 9.17) is 4.42 Å². The van der Waals surface area contributed by atoms with Crippen LogP contribution in [0.2, 0.25) is 0 Å². The van der Waals surface area contributed by atoms with Gasteiger partial charge in [-0.2, -0.15) is 0 Å². The van der Waals surface area contributed by atoms with E-state index in [9.17, 15) is 13.6 Å². The van der Waals surface area contributed by atoms with Crippen molar-refractivity contribution >= 4 is 17.5 Å². The number of Topliss-reactive ketones (excluding diaryl/α,β-unsaturated/α-hetero) is 1. The van der Waals surface area contributed by atoms with Crippen LogP contribution in [0.1, 0.15) is 16.7 Å². The molecule has 1 atom stereocenters. The fourth-order valence-corrected chi connectivity index (χ4v) is 3.55. The molecule has 0 amide bonds. The van der Waals surface area contributed by atoms with Crippen molar-refractivity contribution in [3.63, 3.8) is 0 Å². The summed E-state index contributed by atoms with van der Waals surface area (Å²) in [5.41, 5.74) is 2.62. The van der Waals surface area contributed by atoms with Crippen molar-refractivity contribution < 1.29 is 18.0 Å². The number of halogens is 2. The molecule has 0 saturated heterocycles. The highest BCUT2D eigenvalue weighted by Crippen LogP contribution is 2.25. The minimum Gasteiger partial charge on any atom is -0.403 e. The van der Waals surface area contributed by atoms with Crippen molar-refractivity contribution in [1.29, 1.82) is 0 Å². The van der Waals surface area contributed by atoms with Gasteiger partial charge in [0.1, 0.15) is 11.6 Å². The molecule has 32 heavy (non-hydrogen) atoms. The Balaban J connectivity index is 1.52. The number of rotatable bonds is 4. The van der Waals surface area contributed by atoms with Crippen molar-refractivity contribution in [2.45, 2.75) is 12.6 Å². The molecule has 0 aliphatic carbocycles. The molecular weight excluding hydrogens is 414 g/mol. The standard InChI is InChI=1S/C24H16F2N4O2/c25-16-11-9-14(10-12-16)23-29-30-24(32-23)28-22-20(31)13-15-5-1-2-6-17(15)21(27-22)18-7-3-4-8-19(18)26/h1-12,22H,13H2,(H,28,30). The van der Waals surface area contributed by atoms with Crippen LogP contribution in [-0.4, -0.2) is 27.9 Å². The molecule has 3 aromatic carbocycles. The summed E-state index contributed by atoms with van der Waals surface area (Å²) in [5, 5.41) is 10.7. The molecule has 1 aliphatic heterocycles. The first-order valence-electron chi connectivity index (χ1n) is 9.88. The largest absolute Gasteiger partial charge is 0.403 e. The van der Waals surface area contributed by atoms with Gasteiger partial charge >= 0.3 is 6.01 Å². The van der Waals surface area contributed by atoms with Gasteiger partial charge in [-0.3, -0.25) is 9.79 Å². The van der Waals surface area contributed by atoms with Gasteiger partial charge in [-0.15, -0.1) is 5.10 Å². The third-order valence-electron chi connectivity index (χ3n) is 5.11. The molecule has 1 aromatic heterocycles. The maximum absolute atomic E-state index is 14.6. The number of aromatic nitrogens is 2. The zero-order valence-corrected chi connectivity index (χ0v) is 16.6. The number of nitrogens with zero attached hydrogens (tertiary/aromatic N) is 3. The highest BCUT2D eigenvalue weighted by Gasteiger charge is 2.28. The second kappa shape index (κ2) is 8.14. The van der Waals surface area contributed by atoms with Gasteiger partial charge in [0.15, 0.2) is 11.9 Å². The molecule has 1 unspecified atom stereocenters.